The van der Waals surface area contributed by atoms with Crippen molar-refractivity contribution in [3.8, 4) is 0 Å². The number of aryl methyl sites for hydroxylation is 2. The summed E-state index contributed by atoms with van der Waals surface area (Å²) in [5.74, 6) is 0.991. The van der Waals surface area contributed by atoms with Crippen LogP contribution < -0.4 is 10.6 Å². The van der Waals surface area contributed by atoms with E-state index in [0.717, 1.165) is 29.4 Å². The molecule has 1 aromatic carbocycles. The average Bonchev–Trinajstić information content (AvgIpc) is 2.69. The molecule has 0 saturated heterocycles. The van der Waals surface area contributed by atoms with Gasteiger partial charge in [-0.2, -0.15) is 5.10 Å². The van der Waals surface area contributed by atoms with Crippen LogP contribution in [-0.2, 0) is 0 Å². The number of nitrogens with zero attached hydrogens (tertiary/aromatic N) is 3. The Morgan fingerprint density at radius 3 is 2.55 bits per heavy atom. The van der Waals surface area contributed by atoms with Crippen LogP contribution in [0.5, 0.6) is 0 Å². The summed E-state index contributed by atoms with van der Waals surface area (Å²) in [4.78, 5) is 2.22. The summed E-state index contributed by atoms with van der Waals surface area (Å²) in [6.45, 7) is 11.3. The summed E-state index contributed by atoms with van der Waals surface area (Å²) in [6, 6.07) is 8.75. The molecule has 0 unspecified atom stereocenters. The molecule has 4 nitrogen and oxygen atoms in total. The van der Waals surface area contributed by atoms with Crippen molar-refractivity contribution in [1.82, 2.24) is 9.78 Å². The first-order valence-electron chi connectivity index (χ1n) is 7.14. The Bertz CT molecular complexity index is 599. The number of benzene rings is 1. The zero-order valence-corrected chi connectivity index (χ0v) is 13.0. The number of hydrogen-bond acceptors (Lipinski definition) is 3. The number of aromatic nitrogens is 2. The minimum Gasteiger partial charge on any atom is -0.394 e. The first kappa shape index (κ1) is 14.4. The molecule has 0 bridgehead atoms. The van der Waals surface area contributed by atoms with Gasteiger partial charge in [0.2, 0.25) is 0 Å². The average molecular weight is 272 g/mol. The third kappa shape index (κ3) is 2.50. The second kappa shape index (κ2) is 5.57. The van der Waals surface area contributed by atoms with Crippen molar-refractivity contribution < 1.29 is 0 Å². The van der Waals surface area contributed by atoms with E-state index in [1.165, 1.54) is 5.56 Å². The normalized spacial score (nSPS) is 11.1. The van der Waals surface area contributed by atoms with Crippen molar-refractivity contribution in [1.29, 1.82) is 0 Å². The van der Waals surface area contributed by atoms with E-state index in [9.17, 15) is 0 Å². The van der Waals surface area contributed by atoms with E-state index in [1.54, 1.807) is 0 Å². The second-order valence-electron chi connectivity index (χ2n) is 5.44. The highest BCUT2D eigenvalue weighted by atomic mass is 15.4. The highest BCUT2D eigenvalue weighted by Gasteiger charge is 2.20. The lowest BCUT2D eigenvalue weighted by Gasteiger charge is -2.26. The summed E-state index contributed by atoms with van der Waals surface area (Å²) in [5.41, 5.74) is 10.3. The summed E-state index contributed by atoms with van der Waals surface area (Å²) in [6.07, 6.45) is 0. The van der Waals surface area contributed by atoms with Gasteiger partial charge in [0.15, 0.2) is 5.82 Å². The molecule has 4 heteroatoms. The van der Waals surface area contributed by atoms with Crippen LogP contribution in [0.15, 0.2) is 24.3 Å². The molecule has 0 aliphatic heterocycles. The van der Waals surface area contributed by atoms with E-state index in [4.69, 9.17) is 5.73 Å². The quantitative estimate of drug-likeness (QED) is 0.920. The van der Waals surface area contributed by atoms with Gasteiger partial charge in [0.1, 0.15) is 0 Å². The monoisotopic (exact) mass is 272 g/mol. The Morgan fingerprint density at radius 2 is 2.00 bits per heavy atom. The van der Waals surface area contributed by atoms with Gasteiger partial charge in [0, 0.05) is 18.3 Å². The van der Waals surface area contributed by atoms with Gasteiger partial charge in [-0.05, 0) is 52.3 Å². The van der Waals surface area contributed by atoms with Crippen molar-refractivity contribution in [2.24, 2.45) is 0 Å². The Hall–Kier alpha value is -1.97. The van der Waals surface area contributed by atoms with Gasteiger partial charge in [-0.3, -0.25) is 0 Å². The van der Waals surface area contributed by atoms with E-state index in [-0.39, 0.29) is 6.04 Å². The highest BCUT2D eigenvalue weighted by molar-refractivity contribution is 5.73. The van der Waals surface area contributed by atoms with Gasteiger partial charge < -0.3 is 10.6 Å². The molecular formula is C16H24N4. The third-order valence-electron chi connectivity index (χ3n) is 3.48. The molecule has 1 heterocycles. The van der Waals surface area contributed by atoms with Crippen molar-refractivity contribution in [2.75, 3.05) is 17.2 Å². The van der Waals surface area contributed by atoms with Crippen molar-refractivity contribution in [2.45, 2.75) is 40.7 Å². The number of nitrogen functional groups attached to an aromatic ring is 1. The predicted molar refractivity (Wildman–Crippen MR) is 85.6 cm³/mol. The maximum atomic E-state index is 6.27. The number of anilines is 3. The zero-order valence-electron chi connectivity index (χ0n) is 13.0. The predicted octanol–water partition coefficient (Wildman–Crippen LogP) is 3.82. The largest absolute Gasteiger partial charge is 0.394 e. The standard InChI is InChI=1S/C16H24N4/c1-6-19(14-9-7-8-12(4)10-14)16-15(17)13(5)18-20(16)11(2)3/h7-11H,6,17H2,1-5H3. The maximum Gasteiger partial charge on any atom is 0.155 e. The number of nitrogens with two attached hydrogens (primary N) is 1. The van der Waals surface area contributed by atoms with Crippen LogP contribution in [0.25, 0.3) is 0 Å². The van der Waals surface area contributed by atoms with Crippen LogP contribution in [-0.4, -0.2) is 16.3 Å². The summed E-state index contributed by atoms with van der Waals surface area (Å²) in [5, 5.41) is 4.58. The van der Waals surface area contributed by atoms with Crippen LogP contribution in [0.2, 0.25) is 0 Å². The molecular weight excluding hydrogens is 248 g/mol. The van der Waals surface area contributed by atoms with Crippen LogP contribution in [0, 0.1) is 13.8 Å². The fraction of sp³-hybridized carbons (Fsp3) is 0.438. The molecule has 0 radical (unpaired) electrons. The van der Waals surface area contributed by atoms with Gasteiger partial charge in [-0.1, -0.05) is 12.1 Å². The third-order valence-corrected chi connectivity index (χ3v) is 3.48. The number of rotatable bonds is 4. The fourth-order valence-electron chi connectivity index (χ4n) is 2.43. The van der Waals surface area contributed by atoms with Crippen molar-refractivity contribution in [3.63, 3.8) is 0 Å². The topological polar surface area (TPSA) is 47.1 Å². The molecule has 0 atom stereocenters. The molecule has 1 aromatic heterocycles. The molecule has 2 N–H and O–H groups in total. The second-order valence-corrected chi connectivity index (χ2v) is 5.44. The lowest BCUT2D eigenvalue weighted by molar-refractivity contribution is 0.529. The molecule has 2 aromatic rings. The zero-order chi connectivity index (χ0) is 14.9. The molecule has 20 heavy (non-hydrogen) atoms. The van der Waals surface area contributed by atoms with Gasteiger partial charge >= 0.3 is 0 Å². The molecule has 0 spiro atoms. The molecule has 0 amide bonds. The van der Waals surface area contributed by atoms with Crippen LogP contribution in [0.3, 0.4) is 0 Å². The van der Waals surface area contributed by atoms with Crippen LogP contribution in [0.4, 0.5) is 17.2 Å². The first-order valence-corrected chi connectivity index (χ1v) is 7.14. The Morgan fingerprint density at radius 1 is 1.30 bits per heavy atom. The van der Waals surface area contributed by atoms with E-state index < -0.39 is 0 Å². The Labute approximate surface area is 121 Å². The van der Waals surface area contributed by atoms with E-state index in [2.05, 4.69) is 62.0 Å². The van der Waals surface area contributed by atoms with Crippen molar-refractivity contribution in [3.05, 3.63) is 35.5 Å². The highest BCUT2D eigenvalue weighted by Crippen LogP contribution is 2.34. The van der Waals surface area contributed by atoms with E-state index in [1.807, 2.05) is 11.6 Å². The SMILES string of the molecule is CCN(c1cccc(C)c1)c1c(N)c(C)nn1C(C)C. The summed E-state index contributed by atoms with van der Waals surface area (Å²) < 4.78 is 2.01. The lowest BCUT2D eigenvalue weighted by Crippen LogP contribution is -2.22. The Kier molecular flexibility index (Phi) is 4.02. The minimum absolute atomic E-state index is 0.278. The first-order chi connectivity index (χ1) is 9.45. The Balaban J connectivity index is 2.57. The van der Waals surface area contributed by atoms with E-state index in [0.29, 0.717) is 0 Å². The maximum absolute atomic E-state index is 6.27. The van der Waals surface area contributed by atoms with Gasteiger partial charge in [-0.15, -0.1) is 0 Å². The van der Waals surface area contributed by atoms with E-state index >= 15 is 0 Å². The smallest absolute Gasteiger partial charge is 0.155 e. The molecule has 0 aliphatic rings. The fourth-order valence-corrected chi connectivity index (χ4v) is 2.43. The molecule has 0 saturated carbocycles. The van der Waals surface area contributed by atoms with Crippen LogP contribution >= 0.6 is 0 Å². The van der Waals surface area contributed by atoms with Gasteiger partial charge in [0.05, 0.1) is 11.4 Å². The van der Waals surface area contributed by atoms with Gasteiger partial charge in [-0.25, -0.2) is 4.68 Å². The minimum atomic E-state index is 0.278. The molecule has 0 fully saturated rings. The van der Waals surface area contributed by atoms with Crippen molar-refractivity contribution >= 4 is 17.2 Å². The molecule has 0 aliphatic carbocycles. The van der Waals surface area contributed by atoms with Gasteiger partial charge in [0.25, 0.3) is 0 Å². The summed E-state index contributed by atoms with van der Waals surface area (Å²) >= 11 is 0. The molecule has 108 valence electrons. The summed E-state index contributed by atoms with van der Waals surface area (Å²) in [7, 11) is 0. The van der Waals surface area contributed by atoms with Crippen LogP contribution in [0.1, 0.15) is 38.1 Å². The lowest BCUT2D eigenvalue weighted by atomic mass is 10.2. The molecule has 2 rings (SSSR count). The number of hydrogen-bond donors (Lipinski definition) is 1.